The largest absolute Gasteiger partial charge is 0.0922 e. The molecule has 0 N–H and O–H groups in total. The Morgan fingerprint density at radius 1 is 1.90 bits per heavy atom. The lowest BCUT2D eigenvalue weighted by atomic mass is 10.0. The highest BCUT2D eigenvalue weighted by Gasteiger charge is 2.49. The number of rotatable bonds is 3. The second kappa shape index (κ2) is 2.86. The van der Waals surface area contributed by atoms with Crippen LogP contribution in [0.15, 0.2) is 11.6 Å². The second-order valence-electron chi connectivity index (χ2n) is 3.30. The van der Waals surface area contributed by atoms with Gasteiger partial charge in [0.25, 0.3) is 0 Å². The van der Waals surface area contributed by atoms with Gasteiger partial charge in [0, 0.05) is 10.4 Å². The van der Waals surface area contributed by atoms with Gasteiger partial charge in [-0.3, -0.25) is 0 Å². The number of halogens is 2. The Bertz CT molecular complexity index is 151. The van der Waals surface area contributed by atoms with E-state index in [-0.39, 0.29) is 0 Å². The molecule has 2 unspecified atom stereocenters. The summed E-state index contributed by atoms with van der Waals surface area (Å²) in [5.41, 5.74) is 0.457. The molecule has 0 spiro atoms. The van der Waals surface area contributed by atoms with Crippen LogP contribution in [0, 0.1) is 11.3 Å². The molecule has 1 fully saturated rings. The van der Waals surface area contributed by atoms with Crippen LogP contribution in [0.4, 0.5) is 0 Å². The maximum absolute atomic E-state index is 5.73. The van der Waals surface area contributed by atoms with Gasteiger partial charge in [0.05, 0.1) is 0 Å². The molecule has 1 aliphatic rings. The Hall–Kier alpha value is 0.510. The molecule has 0 nitrogen and oxygen atoms in total. The Morgan fingerprint density at radius 2 is 2.40 bits per heavy atom. The lowest BCUT2D eigenvalue weighted by Gasteiger charge is -2.10. The summed E-state index contributed by atoms with van der Waals surface area (Å²) in [6.45, 7) is 5.97. The SMILES string of the molecule is C=C(Cl)CC1(CBr)CC1C. The van der Waals surface area contributed by atoms with E-state index in [9.17, 15) is 0 Å². The molecule has 2 heteroatoms. The summed E-state index contributed by atoms with van der Waals surface area (Å²) in [6, 6.07) is 0. The van der Waals surface area contributed by atoms with Crippen molar-refractivity contribution >= 4 is 27.5 Å². The molecule has 0 aromatic rings. The molecule has 0 radical (unpaired) electrons. The third-order valence-electron chi connectivity index (χ3n) is 2.41. The molecule has 0 aromatic heterocycles. The van der Waals surface area contributed by atoms with Gasteiger partial charge in [0.15, 0.2) is 0 Å². The van der Waals surface area contributed by atoms with Crippen LogP contribution in [0.25, 0.3) is 0 Å². The molecule has 2 atom stereocenters. The van der Waals surface area contributed by atoms with Crippen LogP contribution >= 0.6 is 27.5 Å². The number of allylic oxidation sites excluding steroid dienone is 1. The van der Waals surface area contributed by atoms with Crippen LogP contribution in [0.2, 0.25) is 0 Å². The molecule has 1 aliphatic carbocycles. The minimum Gasteiger partial charge on any atom is -0.0922 e. The summed E-state index contributed by atoms with van der Waals surface area (Å²) in [7, 11) is 0. The van der Waals surface area contributed by atoms with Gasteiger partial charge in [-0.2, -0.15) is 0 Å². The number of alkyl halides is 1. The molecular weight excluding hydrogens is 211 g/mol. The molecule has 1 rings (SSSR count). The smallest absolute Gasteiger partial charge is 0.0115 e. The van der Waals surface area contributed by atoms with Crippen molar-refractivity contribution in [2.45, 2.75) is 19.8 Å². The van der Waals surface area contributed by atoms with Crippen LogP contribution in [-0.2, 0) is 0 Å². The van der Waals surface area contributed by atoms with E-state index in [0.717, 1.165) is 22.7 Å². The lowest BCUT2D eigenvalue weighted by molar-refractivity contribution is 0.540. The molecule has 10 heavy (non-hydrogen) atoms. The minimum absolute atomic E-state index is 0.457. The van der Waals surface area contributed by atoms with Crippen LogP contribution in [0.1, 0.15) is 19.8 Å². The van der Waals surface area contributed by atoms with Gasteiger partial charge >= 0.3 is 0 Å². The second-order valence-corrected chi connectivity index (χ2v) is 4.39. The highest BCUT2D eigenvalue weighted by atomic mass is 79.9. The van der Waals surface area contributed by atoms with E-state index < -0.39 is 0 Å². The quantitative estimate of drug-likeness (QED) is 0.642. The molecular formula is C8H12BrCl. The normalized spacial score (nSPS) is 37.7. The topological polar surface area (TPSA) is 0 Å². The first-order valence-corrected chi connectivity index (χ1v) is 5.00. The fourth-order valence-electron chi connectivity index (χ4n) is 1.41. The van der Waals surface area contributed by atoms with E-state index in [2.05, 4.69) is 29.4 Å². The molecule has 0 saturated heterocycles. The molecule has 0 aliphatic heterocycles. The van der Waals surface area contributed by atoms with Gasteiger partial charge in [0.2, 0.25) is 0 Å². The van der Waals surface area contributed by atoms with Crippen molar-refractivity contribution in [3.63, 3.8) is 0 Å². The maximum Gasteiger partial charge on any atom is 0.0115 e. The van der Waals surface area contributed by atoms with Crippen molar-refractivity contribution in [1.29, 1.82) is 0 Å². The van der Waals surface area contributed by atoms with E-state index in [4.69, 9.17) is 11.6 Å². The van der Waals surface area contributed by atoms with Gasteiger partial charge in [0.1, 0.15) is 0 Å². The summed E-state index contributed by atoms with van der Waals surface area (Å²) >= 11 is 9.23. The van der Waals surface area contributed by atoms with E-state index in [1.54, 1.807) is 0 Å². The van der Waals surface area contributed by atoms with Crippen molar-refractivity contribution in [2.75, 3.05) is 5.33 Å². The Labute approximate surface area is 75.8 Å². The Kier molecular flexibility index (Phi) is 2.46. The van der Waals surface area contributed by atoms with Crippen LogP contribution in [-0.4, -0.2) is 5.33 Å². The van der Waals surface area contributed by atoms with Crippen molar-refractivity contribution in [1.82, 2.24) is 0 Å². The zero-order chi connectivity index (χ0) is 7.78. The van der Waals surface area contributed by atoms with Gasteiger partial charge in [-0.25, -0.2) is 0 Å². The van der Waals surface area contributed by atoms with E-state index in [0.29, 0.717) is 5.41 Å². The van der Waals surface area contributed by atoms with Gasteiger partial charge in [-0.05, 0) is 24.2 Å². The van der Waals surface area contributed by atoms with Crippen LogP contribution in [0.5, 0.6) is 0 Å². The highest BCUT2D eigenvalue weighted by molar-refractivity contribution is 9.09. The predicted octanol–water partition coefficient (Wildman–Crippen LogP) is 3.55. The van der Waals surface area contributed by atoms with Crippen molar-refractivity contribution < 1.29 is 0 Å². The first-order chi connectivity index (χ1) is 4.60. The van der Waals surface area contributed by atoms with Gasteiger partial charge in [-0.1, -0.05) is 41.0 Å². The molecule has 58 valence electrons. The third kappa shape index (κ3) is 1.57. The zero-order valence-corrected chi connectivity index (χ0v) is 8.50. The summed E-state index contributed by atoms with van der Waals surface area (Å²) in [5.74, 6) is 0.822. The molecule has 1 saturated carbocycles. The summed E-state index contributed by atoms with van der Waals surface area (Å²) in [4.78, 5) is 0. The Morgan fingerprint density at radius 3 is 2.50 bits per heavy atom. The van der Waals surface area contributed by atoms with Gasteiger partial charge in [-0.15, -0.1) is 0 Å². The van der Waals surface area contributed by atoms with E-state index >= 15 is 0 Å². The van der Waals surface area contributed by atoms with E-state index in [1.807, 2.05) is 0 Å². The summed E-state index contributed by atoms with van der Waals surface area (Å²) in [6.07, 6.45) is 2.27. The summed E-state index contributed by atoms with van der Waals surface area (Å²) < 4.78 is 0. The Balaban J connectivity index is 2.45. The first-order valence-electron chi connectivity index (χ1n) is 3.50. The summed E-state index contributed by atoms with van der Waals surface area (Å²) in [5, 5.41) is 1.86. The average Bonchev–Trinajstić information content (AvgIpc) is 2.42. The van der Waals surface area contributed by atoms with Crippen molar-refractivity contribution in [3.05, 3.63) is 11.6 Å². The van der Waals surface area contributed by atoms with Gasteiger partial charge < -0.3 is 0 Å². The van der Waals surface area contributed by atoms with Crippen LogP contribution < -0.4 is 0 Å². The fourth-order valence-corrected chi connectivity index (χ4v) is 2.66. The zero-order valence-electron chi connectivity index (χ0n) is 6.16. The number of hydrogen-bond acceptors (Lipinski definition) is 0. The lowest BCUT2D eigenvalue weighted by Crippen LogP contribution is -2.04. The molecule has 0 aromatic carbocycles. The molecule has 0 amide bonds. The van der Waals surface area contributed by atoms with Crippen LogP contribution in [0.3, 0.4) is 0 Å². The molecule has 0 bridgehead atoms. The maximum atomic E-state index is 5.73. The first kappa shape index (κ1) is 8.61. The van der Waals surface area contributed by atoms with Crippen molar-refractivity contribution in [2.24, 2.45) is 11.3 Å². The highest BCUT2D eigenvalue weighted by Crippen LogP contribution is 2.57. The number of hydrogen-bond donors (Lipinski definition) is 0. The minimum atomic E-state index is 0.457. The average molecular weight is 224 g/mol. The predicted molar refractivity (Wildman–Crippen MR) is 49.6 cm³/mol. The van der Waals surface area contributed by atoms with Crippen molar-refractivity contribution in [3.8, 4) is 0 Å². The fraction of sp³-hybridized carbons (Fsp3) is 0.750. The monoisotopic (exact) mass is 222 g/mol. The third-order valence-corrected chi connectivity index (χ3v) is 3.66. The van der Waals surface area contributed by atoms with E-state index in [1.165, 1.54) is 6.42 Å². The standard InChI is InChI=1S/C8H12BrCl/c1-6-3-8(6,5-9)4-7(2)10/h6H,2-5H2,1H3. The molecule has 0 heterocycles.